The van der Waals surface area contributed by atoms with Crippen LogP contribution in [-0.4, -0.2) is 152 Å². The molecule has 3 aromatic carbocycles. The highest BCUT2D eigenvalue weighted by atomic mass is 16.6. The molecule has 0 radical (unpaired) electrons. The third kappa shape index (κ3) is 23.6. The molecule has 0 saturated carbocycles. The van der Waals surface area contributed by atoms with Gasteiger partial charge < -0.3 is 54.4 Å². The fraction of sp³-hybridized carbons (Fsp3) is 0.518. The summed E-state index contributed by atoms with van der Waals surface area (Å²) < 4.78 is 37.8. The van der Waals surface area contributed by atoms with Gasteiger partial charge in [0.25, 0.3) is 5.91 Å². The Balaban J connectivity index is 1.27. The van der Waals surface area contributed by atoms with Gasteiger partial charge in [-0.3, -0.25) is 28.9 Å². The van der Waals surface area contributed by atoms with Gasteiger partial charge in [-0.05, 0) is 103 Å². The molecule has 4 N–H and O–H groups in total. The van der Waals surface area contributed by atoms with E-state index in [4.69, 9.17) is 38.7 Å². The van der Waals surface area contributed by atoms with Crippen LogP contribution in [-0.2, 0) is 52.3 Å². The number of aryl methyl sites for hydroxylation is 1. The standard InChI is InChI=1S/C56H77N9O13/c1-39(2)35-48(54(70)59-22-25-73-27-29-75-31-33-77-34-32-76-30-28-74-26-23-61-64-57)63-53(69)46-19-18-43(44-11-8-9-12-45(44)46)41-14-16-42(17-15-41)47(37-52(68)72-7)62-51(67)38-60-50(66)13-10-24-65(55(71)78-56(4,5)6)49-36-40(3)20-21-58-49/h8-9,11-12,14-21,36,39,47-48H,10,13,22-35,37-38H2,1-7H3,(H,59,70)(H,60,66)(H,62,67)(H,63,69)/t47-,48-/m0/s1. The van der Waals surface area contributed by atoms with Crippen molar-refractivity contribution in [3.8, 4) is 11.1 Å². The number of methoxy groups -OCH3 is 1. The lowest BCUT2D eigenvalue weighted by Gasteiger charge is -2.27. The summed E-state index contributed by atoms with van der Waals surface area (Å²) in [7, 11) is 1.26. The van der Waals surface area contributed by atoms with Crippen LogP contribution < -0.4 is 26.2 Å². The number of carbonyl (C=O) groups excluding carboxylic acids is 6. The predicted molar refractivity (Wildman–Crippen MR) is 294 cm³/mol. The van der Waals surface area contributed by atoms with Crippen LogP contribution in [0.15, 0.2) is 84.1 Å². The second-order valence-electron chi connectivity index (χ2n) is 19.4. The molecule has 78 heavy (non-hydrogen) atoms. The number of aromatic nitrogens is 1. The summed E-state index contributed by atoms with van der Waals surface area (Å²) in [6, 6.07) is 20.3. The minimum atomic E-state index is -0.799. The van der Waals surface area contributed by atoms with Gasteiger partial charge in [-0.25, -0.2) is 9.78 Å². The summed E-state index contributed by atoms with van der Waals surface area (Å²) in [4.78, 5) is 87.5. The molecule has 0 aliphatic rings. The maximum atomic E-state index is 14.0. The number of amides is 5. The van der Waals surface area contributed by atoms with E-state index in [9.17, 15) is 28.8 Å². The highest BCUT2D eigenvalue weighted by Crippen LogP contribution is 2.32. The van der Waals surface area contributed by atoms with Gasteiger partial charge in [0.05, 0.1) is 92.2 Å². The molecule has 424 valence electrons. The lowest BCUT2D eigenvalue weighted by molar-refractivity contribution is -0.141. The Morgan fingerprint density at radius 2 is 1.38 bits per heavy atom. The average molecular weight is 1080 g/mol. The molecular weight excluding hydrogens is 1010 g/mol. The second kappa shape index (κ2) is 34.5. The molecule has 22 nitrogen and oxygen atoms in total. The van der Waals surface area contributed by atoms with Crippen molar-refractivity contribution in [2.24, 2.45) is 11.0 Å². The molecule has 0 saturated heterocycles. The summed E-state index contributed by atoms with van der Waals surface area (Å²) >= 11 is 0. The van der Waals surface area contributed by atoms with Crippen molar-refractivity contribution >= 4 is 52.3 Å². The smallest absolute Gasteiger partial charge is 0.416 e. The normalized spacial score (nSPS) is 12.0. The molecule has 4 rings (SSSR count). The number of pyridine rings is 1. The first-order chi connectivity index (χ1) is 37.5. The van der Waals surface area contributed by atoms with Gasteiger partial charge >= 0.3 is 12.1 Å². The molecule has 2 atom stereocenters. The maximum Gasteiger partial charge on any atom is 0.416 e. The van der Waals surface area contributed by atoms with Crippen molar-refractivity contribution in [2.45, 2.75) is 84.9 Å². The Morgan fingerprint density at radius 3 is 1.99 bits per heavy atom. The van der Waals surface area contributed by atoms with Crippen LogP contribution in [0.2, 0.25) is 0 Å². The molecule has 0 unspecified atom stereocenters. The van der Waals surface area contributed by atoms with Crippen molar-refractivity contribution in [1.29, 1.82) is 0 Å². The van der Waals surface area contributed by atoms with Gasteiger partial charge in [0.1, 0.15) is 17.5 Å². The number of hydrogen-bond donors (Lipinski definition) is 4. The first-order valence-corrected chi connectivity index (χ1v) is 26.2. The van der Waals surface area contributed by atoms with E-state index in [0.717, 1.165) is 22.1 Å². The zero-order valence-electron chi connectivity index (χ0n) is 46.0. The van der Waals surface area contributed by atoms with Crippen molar-refractivity contribution < 1.29 is 61.9 Å². The first-order valence-electron chi connectivity index (χ1n) is 26.2. The summed E-state index contributed by atoms with van der Waals surface area (Å²) in [6.07, 6.45) is 1.52. The Labute approximate surface area is 456 Å². The van der Waals surface area contributed by atoms with E-state index in [-0.39, 0.29) is 63.9 Å². The number of nitrogens with zero attached hydrogens (tertiary/aromatic N) is 5. The Bertz CT molecular complexity index is 2590. The fourth-order valence-corrected chi connectivity index (χ4v) is 7.78. The number of azide groups is 1. The minimum Gasteiger partial charge on any atom is -0.469 e. The molecule has 0 bridgehead atoms. The van der Waals surface area contributed by atoms with E-state index in [1.165, 1.54) is 12.0 Å². The molecule has 0 spiro atoms. The van der Waals surface area contributed by atoms with Crippen molar-refractivity contribution in [3.05, 3.63) is 106 Å². The Kier molecular flexibility index (Phi) is 28.0. The van der Waals surface area contributed by atoms with Crippen LogP contribution in [0.25, 0.3) is 32.3 Å². The highest BCUT2D eigenvalue weighted by molar-refractivity contribution is 6.11. The largest absolute Gasteiger partial charge is 0.469 e. The zero-order valence-corrected chi connectivity index (χ0v) is 46.0. The fourth-order valence-electron chi connectivity index (χ4n) is 7.78. The van der Waals surface area contributed by atoms with Crippen LogP contribution in [0.1, 0.15) is 87.8 Å². The minimum absolute atomic E-state index is 0.0118. The van der Waals surface area contributed by atoms with E-state index in [1.54, 1.807) is 51.2 Å². The van der Waals surface area contributed by atoms with Crippen molar-refractivity contribution in [1.82, 2.24) is 26.3 Å². The lowest BCUT2D eigenvalue weighted by atomic mass is 9.93. The van der Waals surface area contributed by atoms with Crippen LogP contribution in [0.3, 0.4) is 0 Å². The second-order valence-corrected chi connectivity index (χ2v) is 19.4. The molecule has 1 aromatic heterocycles. The predicted octanol–water partition coefficient (Wildman–Crippen LogP) is 6.92. The zero-order chi connectivity index (χ0) is 56.7. The molecule has 0 fully saturated rings. The number of fused-ring (bicyclic) bond motifs is 1. The maximum absolute atomic E-state index is 14.0. The van der Waals surface area contributed by atoms with E-state index in [1.807, 2.05) is 69.3 Å². The third-order valence-corrected chi connectivity index (χ3v) is 11.5. The number of anilines is 1. The van der Waals surface area contributed by atoms with E-state index in [2.05, 4.69) is 36.3 Å². The lowest BCUT2D eigenvalue weighted by Crippen LogP contribution is -2.48. The number of rotatable bonds is 35. The van der Waals surface area contributed by atoms with Crippen LogP contribution in [0.4, 0.5) is 10.6 Å². The van der Waals surface area contributed by atoms with Crippen LogP contribution in [0.5, 0.6) is 0 Å². The van der Waals surface area contributed by atoms with Crippen molar-refractivity contribution in [2.75, 3.05) is 104 Å². The molecule has 22 heteroatoms. The monoisotopic (exact) mass is 1080 g/mol. The number of ether oxygens (including phenoxy) is 7. The summed E-state index contributed by atoms with van der Waals surface area (Å²) in [6.45, 7) is 15.2. The first kappa shape index (κ1) is 63.3. The number of benzene rings is 3. The quantitative estimate of drug-likeness (QED) is 0.0120. The van der Waals surface area contributed by atoms with Gasteiger partial charge in [0.15, 0.2) is 0 Å². The Morgan fingerprint density at radius 1 is 0.756 bits per heavy atom. The van der Waals surface area contributed by atoms with E-state index in [0.29, 0.717) is 88.2 Å². The van der Waals surface area contributed by atoms with Gasteiger partial charge in [0.2, 0.25) is 17.7 Å². The SMILES string of the molecule is COC(=O)C[C@H](NC(=O)CNC(=O)CCCN(C(=O)OC(C)(C)C)c1cc(C)ccn1)c1ccc(-c2ccc(C(=O)N[C@@H](CC(C)C)C(=O)NCCOCCOCCOCCOCCOCCN=[N+]=[N-])c3ccccc23)cc1. The van der Waals surface area contributed by atoms with Gasteiger partial charge in [-0.1, -0.05) is 73.6 Å². The summed E-state index contributed by atoms with van der Waals surface area (Å²) in [5, 5.41) is 16.2. The highest BCUT2D eigenvalue weighted by Gasteiger charge is 2.26. The van der Waals surface area contributed by atoms with E-state index >= 15 is 0 Å². The van der Waals surface area contributed by atoms with Gasteiger partial charge in [-0.2, -0.15) is 0 Å². The third-order valence-electron chi connectivity index (χ3n) is 11.5. The molecular formula is C56H77N9O13. The van der Waals surface area contributed by atoms with E-state index < -0.39 is 47.5 Å². The van der Waals surface area contributed by atoms with Crippen LogP contribution >= 0.6 is 0 Å². The van der Waals surface area contributed by atoms with Crippen molar-refractivity contribution in [3.63, 3.8) is 0 Å². The topological polar surface area (TPSA) is 280 Å². The number of hydrogen-bond acceptors (Lipinski definition) is 15. The Hall–Kier alpha value is -7.20. The average Bonchev–Trinajstić information content (AvgIpc) is 3.44. The molecule has 4 aromatic rings. The number of esters is 1. The molecule has 1 heterocycles. The van der Waals surface area contributed by atoms with Gasteiger partial charge in [0, 0.05) is 42.7 Å². The number of carbonyl (C=O) groups is 6. The summed E-state index contributed by atoms with van der Waals surface area (Å²) in [5.74, 6) is -1.71. The molecule has 5 amide bonds. The molecule has 0 aliphatic carbocycles. The number of nitrogens with one attached hydrogen (secondary N) is 4. The molecule has 0 aliphatic heterocycles. The van der Waals surface area contributed by atoms with Gasteiger partial charge in [-0.15, -0.1) is 0 Å². The summed E-state index contributed by atoms with van der Waals surface area (Å²) in [5.41, 5.74) is 11.0. The van der Waals surface area contributed by atoms with Crippen LogP contribution in [0, 0.1) is 12.8 Å².